The molecule has 1 aliphatic rings. The van der Waals surface area contributed by atoms with Crippen LogP contribution in [0.1, 0.15) is 24.0 Å². The maximum atomic E-state index is 12.5. The smallest absolute Gasteiger partial charge is 0.317 e. The Morgan fingerprint density at radius 2 is 1.64 bits per heavy atom. The van der Waals surface area contributed by atoms with E-state index in [1.54, 1.807) is 6.20 Å². The van der Waals surface area contributed by atoms with Crippen LogP contribution in [0.5, 0.6) is 0 Å². The van der Waals surface area contributed by atoms with E-state index in [2.05, 4.69) is 40.7 Å². The molecule has 1 fully saturated rings. The zero-order chi connectivity index (χ0) is 19.2. The monoisotopic (exact) mass is 374 g/mol. The van der Waals surface area contributed by atoms with Crippen LogP contribution in [0.3, 0.4) is 0 Å². The Morgan fingerprint density at radius 3 is 2.36 bits per heavy atom. The largest absolute Gasteiger partial charge is 0.334 e. The topological polar surface area (TPSA) is 50.2 Å². The van der Waals surface area contributed by atoms with E-state index in [1.807, 2.05) is 46.1 Å². The summed E-state index contributed by atoms with van der Waals surface area (Å²) in [7, 11) is 0. The summed E-state index contributed by atoms with van der Waals surface area (Å²) >= 11 is 0. The van der Waals surface area contributed by atoms with Crippen LogP contribution in [-0.4, -0.2) is 33.8 Å². The Hall–Kier alpha value is -3.08. The molecule has 28 heavy (non-hydrogen) atoms. The third-order valence-corrected chi connectivity index (χ3v) is 5.37. The average Bonchev–Trinajstić information content (AvgIpc) is 3.23. The van der Waals surface area contributed by atoms with Crippen molar-refractivity contribution in [2.24, 2.45) is 5.92 Å². The van der Waals surface area contributed by atoms with Crippen molar-refractivity contribution >= 4 is 6.03 Å². The molecule has 2 aromatic carbocycles. The van der Waals surface area contributed by atoms with Gasteiger partial charge in [0.25, 0.3) is 0 Å². The van der Waals surface area contributed by atoms with Gasteiger partial charge in [-0.05, 0) is 42.9 Å². The van der Waals surface area contributed by atoms with E-state index in [4.69, 9.17) is 0 Å². The summed E-state index contributed by atoms with van der Waals surface area (Å²) in [5.41, 5.74) is 3.40. The fourth-order valence-electron chi connectivity index (χ4n) is 3.75. The number of hydrogen-bond donors (Lipinski definition) is 1. The molecule has 0 aliphatic carbocycles. The molecule has 1 aromatic heterocycles. The first-order valence-electron chi connectivity index (χ1n) is 9.93. The van der Waals surface area contributed by atoms with E-state index in [-0.39, 0.29) is 6.03 Å². The number of carbonyl (C=O) groups excluding carboxylic acids is 1. The van der Waals surface area contributed by atoms with E-state index >= 15 is 0 Å². The van der Waals surface area contributed by atoms with Crippen LogP contribution in [0, 0.1) is 5.92 Å². The van der Waals surface area contributed by atoms with Gasteiger partial charge in [0.15, 0.2) is 0 Å². The first-order valence-corrected chi connectivity index (χ1v) is 9.93. The Labute approximate surface area is 166 Å². The predicted octanol–water partition coefficient (Wildman–Crippen LogP) is 4.04. The number of urea groups is 1. The van der Waals surface area contributed by atoms with Crippen molar-refractivity contribution < 1.29 is 4.79 Å². The molecule has 0 radical (unpaired) electrons. The highest BCUT2D eigenvalue weighted by atomic mass is 16.2. The number of piperidine rings is 1. The van der Waals surface area contributed by atoms with E-state index in [9.17, 15) is 4.79 Å². The fourth-order valence-corrected chi connectivity index (χ4v) is 3.75. The molecule has 4 rings (SSSR count). The minimum atomic E-state index is 0.0191. The van der Waals surface area contributed by atoms with Crippen molar-refractivity contribution in [2.45, 2.75) is 25.8 Å². The number of para-hydroxylation sites is 1. The van der Waals surface area contributed by atoms with Gasteiger partial charge in [-0.2, -0.15) is 5.10 Å². The van der Waals surface area contributed by atoms with Crippen molar-refractivity contribution in [3.63, 3.8) is 0 Å². The summed E-state index contributed by atoms with van der Waals surface area (Å²) in [4.78, 5) is 14.4. The van der Waals surface area contributed by atoms with Crippen LogP contribution in [0.2, 0.25) is 0 Å². The molecule has 144 valence electrons. The molecule has 0 unspecified atom stereocenters. The lowest BCUT2D eigenvalue weighted by Crippen LogP contribution is -2.44. The zero-order valence-electron chi connectivity index (χ0n) is 16.0. The molecular formula is C23H26N4O. The number of nitrogens with zero attached hydrogens (tertiary/aromatic N) is 3. The van der Waals surface area contributed by atoms with E-state index in [0.717, 1.165) is 43.6 Å². The molecule has 2 amide bonds. The number of amides is 2. The number of likely N-dealkylation sites (tertiary alicyclic amines) is 1. The lowest BCUT2D eigenvalue weighted by molar-refractivity contribution is 0.170. The van der Waals surface area contributed by atoms with Crippen LogP contribution in [0.25, 0.3) is 5.69 Å². The van der Waals surface area contributed by atoms with Gasteiger partial charge in [-0.25, -0.2) is 9.48 Å². The highest BCUT2D eigenvalue weighted by molar-refractivity contribution is 5.74. The van der Waals surface area contributed by atoms with Gasteiger partial charge in [0.1, 0.15) is 0 Å². The van der Waals surface area contributed by atoms with Crippen molar-refractivity contribution in [1.82, 2.24) is 20.0 Å². The van der Waals surface area contributed by atoms with E-state index < -0.39 is 0 Å². The number of benzene rings is 2. The van der Waals surface area contributed by atoms with E-state index in [1.165, 1.54) is 5.56 Å². The average molecular weight is 374 g/mol. The molecule has 0 bridgehead atoms. The fraction of sp³-hybridized carbons (Fsp3) is 0.304. The van der Waals surface area contributed by atoms with Gasteiger partial charge in [0, 0.05) is 31.4 Å². The van der Waals surface area contributed by atoms with E-state index in [0.29, 0.717) is 12.5 Å². The van der Waals surface area contributed by atoms with Gasteiger partial charge in [-0.1, -0.05) is 48.5 Å². The van der Waals surface area contributed by atoms with Crippen molar-refractivity contribution in [2.75, 3.05) is 13.1 Å². The molecule has 1 saturated heterocycles. The third-order valence-electron chi connectivity index (χ3n) is 5.37. The summed E-state index contributed by atoms with van der Waals surface area (Å²) in [5.74, 6) is 0.663. The second-order valence-electron chi connectivity index (χ2n) is 7.41. The third kappa shape index (κ3) is 4.60. The second kappa shape index (κ2) is 8.74. The maximum Gasteiger partial charge on any atom is 0.317 e. The minimum Gasteiger partial charge on any atom is -0.334 e. The van der Waals surface area contributed by atoms with Crippen molar-refractivity contribution in [1.29, 1.82) is 0 Å². The Morgan fingerprint density at radius 1 is 0.964 bits per heavy atom. The van der Waals surface area contributed by atoms with Gasteiger partial charge in [-0.3, -0.25) is 0 Å². The standard InChI is InChI=1S/C23H26N4O/c28-23(24-16-21-17-25-27(18-21)22-9-5-2-6-10-22)26-13-11-20(12-14-26)15-19-7-3-1-4-8-19/h1-10,17-18,20H,11-16H2,(H,24,28). The lowest BCUT2D eigenvalue weighted by Gasteiger charge is -2.32. The van der Waals surface area contributed by atoms with Crippen LogP contribution < -0.4 is 5.32 Å². The number of rotatable bonds is 5. The normalized spacial score (nSPS) is 14.8. The molecule has 0 spiro atoms. The minimum absolute atomic E-state index is 0.0191. The Bertz CT molecular complexity index is 883. The molecule has 5 heteroatoms. The second-order valence-corrected chi connectivity index (χ2v) is 7.41. The number of nitrogens with one attached hydrogen (secondary N) is 1. The van der Waals surface area contributed by atoms with Crippen LogP contribution in [0.4, 0.5) is 4.79 Å². The highest BCUT2D eigenvalue weighted by Crippen LogP contribution is 2.21. The first kappa shape index (κ1) is 18.3. The summed E-state index contributed by atoms with van der Waals surface area (Å²) < 4.78 is 1.83. The summed E-state index contributed by atoms with van der Waals surface area (Å²) in [5, 5.41) is 7.41. The van der Waals surface area contributed by atoms with Crippen LogP contribution in [-0.2, 0) is 13.0 Å². The molecule has 3 aromatic rings. The zero-order valence-corrected chi connectivity index (χ0v) is 16.0. The molecular weight excluding hydrogens is 348 g/mol. The molecule has 0 atom stereocenters. The van der Waals surface area contributed by atoms with Crippen LogP contribution in [0.15, 0.2) is 73.1 Å². The van der Waals surface area contributed by atoms with Gasteiger partial charge in [0.2, 0.25) is 0 Å². The summed E-state index contributed by atoms with van der Waals surface area (Å²) in [6.07, 6.45) is 7.00. The number of carbonyl (C=O) groups is 1. The number of hydrogen-bond acceptors (Lipinski definition) is 2. The molecule has 1 aliphatic heterocycles. The highest BCUT2D eigenvalue weighted by Gasteiger charge is 2.22. The summed E-state index contributed by atoms with van der Waals surface area (Å²) in [6, 6.07) is 20.6. The SMILES string of the molecule is O=C(NCc1cnn(-c2ccccc2)c1)N1CCC(Cc2ccccc2)CC1. The van der Waals surface area contributed by atoms with Crippen molar-refractivity contribution in [3.05, 3.63) is 84.2 Å². The molecule has 5 nitrogen and oxygen atoms in total. The first-order chi connectivity index (χ1) is 13.8. The Balaban J connectivity index is 1.23. The van der Waals surface area contributed by atoms with Gasteiger partial charge in [-0.15, -0.1) is 0 Å². The molecule has 1 N–H and O–H groups in total. The van der Waals surface area contributed by atoms with Crippen LogP contribution >= 0.6 is 0 Å². The summed E-state index contributed by atoms with van der Waals surface area (Å²) in [6.45, 7) is 2.15. The van der Waals surface area contributed by atoms with Gasteiger partial charge >= 0.3 is 6.03 Å². The quantitative estimate of drug-likeness (QED) is 0.733. The maximum absolute atomic E-state index is 12.5. The lowest BCUT2D eigenvalue weighted by atomic mass is 9.90. The molecule has 0 saturated carbocycles. The van der Waals surface area contributed by atoms with Gasteiger partial charge in [0.05, 0.1) is 11.9 Å². The molecule has 2 heterocycles. The van der Waals surface area contributed by atoms with Crippen molar-refractivity contribution in [3.8, 4) is 5.69 Å². The number of aromatic nitrogens is 2. The Kier molecular flexibility index (Phi) is 5.71. The predicted molar refractivity (Wildman–Crippen MR) is 110 cm³/mol. The van der Waals surface area contributed by atoms with Gasteiger partial charge < -0.3 is 10.2 Å².